The Kier molecular flexibility index (Phi) is 3.71. The van der Waals surface area contributed by atoms with Crippen LogP contribution in [0, 0.1) is 0 Å². The van der Waals surface area contributed by atoms with Crippen LogP contribution in [0.5, 0.6) is 11.5 Å². The molecule has 0 heterocycles. The second kappa shape index (κ2) is 5.44. The number of carbonyl (C=O) groups is 1. The van der Waals surface area contributed by atoms with Crippen LogP contribution < -0.4 is 16.2 Å². The summed E-state index contributed by atoms with van der Waals surface area (Å²) in [6, 6.07) is 12.7. The first-order valence-corrected chi connectivity index (χ1v) is 6.07. The quantitative estimate of drug-likeness (QED) is 0.825. The smallest absolute Gasteiger partial charge is 0.250 e. The molecule has 2 aromatic carbocycles. The van der Waals surface area contributed by atoms with Gasteiger partial charge in [-0.3, -0.25) is 4.79 Å². The minimum Gasteiger partial charge on any atom is -0.455 e. The fourth-order valence-corrected chi connectivity index (χ4v) is 1.77. The zero-order chi connectivity index (χ0) is 13.8. The molecule has 4 heteroatoms. The molecule has 0 aliphatic carbocycles. The molecule has 4 N–H and O–H groups in total. The zero-order valence-electron chi connectivity index (χ0n) is 10.7. The largest absolute Gasteiger partial charge is 0.455 e. The fraction of sp³-hybridized carbons (Fsp3) is 0.133. The first-order valence-electron chi connectivity index (χ1n) is 6.07. The third-order valence-corrected chi connectivity index (χ3v) is 2.89. The molecule has 1 amide bonds. The second-order valence-electron chi connectivity index (χ2n) is 4.18. The number of primary amides is 1. The van der Waals surface area contributed by atoms with Crippen LogP contribution in [-0.2, 0) is 6.42 Å². The Morgan fingerprint density at radius 2 is 1.84 bits per heavy atom. The van der Waals surface area contributed by atoms with Crippen LogP contribution in [-0.4, -0.2) is 5.91 Å². The highest BCUT2D eigenvalue weighted by Crippen LogP contribution is 2.29. The van der Waals surface area contributed by atoms with E-state index in [1.165, 1.54) is 5.56 Å². The van der Waals surface area contributed by atoms with E-state index in [1.54, 1.807) is 18.2 Å². The van der Waals surface area contributed by atoms with E-state index in [2.05, 4.69) is 6.92 Å². The molecule has 0 spiro atoms. The topological polar surface area (TPSA) is 78.3 Å². The summed E-state index contributed by atoms with van der Waals surface area (Å²) in [6.07, 6.45) is 0.972. The van der Waals surface area contributed by atoms with Crippen molar-refractivity contribution in [2.24, 2.45) is 5.73 Å². The average Bonchev–Trinajstić information content (AvgIpc) is 2.41. The van der Waals surface area contributed by atoms with Crippen LogP contribution in [0.4, 0.5) is 5.69 Å². The van der Waals surface area contributed by atoms with Gasteiger partial charge in [-0.2, -0.15) is 0 Å². The standard InChI is InChI=1S/C15H16N2O2/c1-2-10-6-8-11(9-7-10)19-13-5-3-4-12(14(13)16)15(17)18/h3-9H,2,16H2,1H3,(H2,17,18). The van der Waals surface area contributed by atoms with Gasteiger partial charge in [0.15, 0.2) is 5.75 Å². The maximum Gasteiger partial charge on any atom is 0.250 e. The predicted octanol–water partition coefficient (Wildman–Crippen LogP) is 2.72. The van der Waals surface area contributed by atoms with Crippen molar-refractivity contribution < 1.29 is 9.53 Å². The van der Waals surface area contributed by atoms with Gasteiger partial charge in [0.05, 0.1) is 11.3 Å². The maximum absolute atomic E-state index is 11.2. The molecule has 2 rings (SSSR count). The summed E-state index contributed by atoms with van der Waals surface area (Å²) in [5.74, 6) is 0.537. The Hall–Kier alpha value is -2.49. The molecule has 0 bridgehead atoms. The maximum atomic E-state index is 11.2. The lowest BCUT2D eigenvalue weighted by Gasteiger charge is -2.10. The van der Waals surface area contributed by atoms with E-state index >= 15 is 0 Å². The highest BCUT2D eigenvalue weighted by molar-refractivity contribution is 5.99. The number of hydrogen-bond donors (Lipinski definition) is 2. The van der Waals surface area contributed by atoms with E-state index in [0.717, 1.165) is 6.42 Å². The second-order valence-corrected chi connectivity index (χ2v) is 4.18. The number of nitrogens with two attached hydrogens (primary N) is 2. The minimum absolute atomic E-state index is 0.259. The van der Waals surface area contributed by atoms with Crippen molar-refractivity contribution in [3.8, 4) is 11.5 Å². The highest BCUT2D eigenvalue weighted by atomic mass is 16.5. The number of nitrogen functional groups attached to an aromatic ring is 1. The van der Waals surface area contributed by atoms with Crippen molar-refractivity contribution in [3.63, 3.8) is 0 Å². The van der Waals surface area contributed by atoms with Crippen LogP contribution >= 0.6 is 0 Å². The van der Waals surface area contributed by atoms with Gasteiger partial charge in [0.1, 0.15) is 5.75 Å². The highest BCUT2D eigenvalue weighted by Gasteiger charge is 2.10. The summed E-state index contributed by atoms with van der Waals surface area (Å²) in [7, 11) is 0. The molecule has 0 fully saturated rings. The van der Waals surface area contributed by atoms with Gasteiger partial charge in [0.25, 0.3) is 5.91 Å². The first-order chi connectivity index (χ1) is 9.11. The number of hydrogen-bond acceptors (Lipinski definition) is 3. The minimum atomic E-state index is -0.565. The van der Waals surface area contributed by atoms with E-state index < -0.39 is 5.91 Å². The normalized spacial score (nSPS) is 10.2. The summed E-state index contributed by atoms with van der Waals surface area (Å²) in [6.45, 7) is 2.09. The number of aryl methyl sites for hydroxylation is 1. The number of para-hydroxylation sites is 1. The lowest BCUT2D eigenvalue weighted by atomic mass is 10.1. The molecular formula is C15H16N2O2. The number of rotatable bonds is 4. The molecule has 0 saturated carbocycles. The van der Waals surface area contributed by atoms with Gasteiger partial charge in [-0.15, -0.1) is 0 Å². The predicted molar refractivity (Wildman–Crippen MR) is 75.3 cm³/mol. The van der Waals surface area contributed by atoms with Gasteiger partial charge in [-0.1, -0.05) is 25.1 Å². The van der Waals surface area contributed by atoms with E-state index in [0.29, 0.717) is 11.5 Å². The number of anilines is 1. The Labute approximate surface area is 112 Å². The van der Waals surface area contributed by atoms with Gasteiger partial charge in [-0.25, -0.2) is 0 Å². The molecule has 0 atom stereocenters. The summed E-state index contributed by atoms with van der Waals surface area (Å²) < 4.78 is 5.67. The van der Waals surface area contributed by atoms with E-state index in [1.807, 2.05) is 24.3 Å². The third-order valence-electron chi connectivity index (χ3n) is 2.89. The van der Waals surface area contributed by atoms with Crippen LogP contribution in [0.25, 0.3) is 0 Å². The van der Waals surface area contributed by atoms with Crippen LogP contribution in [0.1, 0.15) is 22.8 Å². The lowest BCUT2D eigenvalue weighted by molar-refractivity contribution is 0.100. The Morgan fingerprint density at radius 1 is 1.16 bits per heavy atom. The van der Waals surface area contributed by atoms with Crippen LogP contribution in [0.2, 0.25) is 0 Å². The van der Waals surface area contributed by atoms with Gasteiger partial charge in [0.2, 0.25) is 0 Å². The van der Waals surface area contributed by atoms with Crippen molar-refractivity contribution in [1.82, 2.24) is 0 Å². The van der Waals surface area contributed by atoms with Crippen molar-refractivity contribution in [2.75, 3.05) is 5.73 Å². The molecule has 0 aliphatic heterocycles. The average molecular weight is 256 g/mol. The molecule has 0 aliphatic rings. The molecule has 19 heavy (non-hydrogen) atoms. The van der Waals surface area contributed by atoms with E-state index in [4.69, 9.17) is 16.2 Å². The zero-order valence-corrected chi connectivity index (χ0v) is 10.7. The SMILES string of the molecule is CCc1ccc(Oc2cccc(C(N)=O)c2N)cc1. The van der Waals surface area contributed by atoms with Crippen molar-refractivity contribution >= 4 is 11.6 Å². The monoisotopic (exact) mass is 256 g/mol. The molecule has 0 radical (unpaired) electrons. The van der Waals surface area contributed by atoms with Gasteiger partial charge < -0.3 is 16.2 Å². The summed E-state index contributed by atoms with van der Waals surface area (Å²) in [5, 5.41) is 0. The molecule has 98 valence electrons. The molecule has 2 aromatic rings. The third kappa shape index (κ3) is 2.85. The van der Waals surface area contributed by atoms with E-state index in [9.17, 15) is 4.79 Å². The molecule has 0 saturated heterocycles. The number of ether oxygens (including phenoxy) is 1. The fourth-order valence-electron chi connectivity index (χ4n) is 1.77. The molecule has 0 aromatic heterocycles. The van der Waals surface area contributed by atoms with Gasteiger partial charge in [0, 0.05) is 0 Å². The van der Waals surface area contributed by atoms with Crippen molar-refractivity contribution in [3.05, 3.63) is 53.6 Å². The summed E-state index contributed by atoms with van der Waals surface area (Å²) in [5.41, 5.74) is 12.9. The Bertz CT molecular complexity index is 592. The van der Waals surface area contributed by atoms with Crippen molar-refractivity contribution in [1.29, 1.82) is 0 Å². The number of carbonyl (C=O) groups excluding carboxylic acids is 1. The summed E-state index contributed by atoms with van der Waals surface area (Å²) in [4.78, 5) is 11.2. The first kappa shape index (κ1) is 13.0. The van der Waals surface area contributed by atoms with Crippen LogP contribution in [0.3, 0.4) is 0 Å². The van der Waals surface area contributed by atoms with Crippen LogP contribution in [0.15, 0.2) is 42.5 Å². The number of amides is 1. The Balaban J connectivity index is 2.27. The molecule has 0 unspecified atom stereocenters. The lowest BCUT2D eigenvalue weighted by Crippen LogP contribution is -2.13. The van der Waals surface area contributed by atoms with Gasteiger partial charge >= 0.3 is 0 Å². The number of benzene rings is 2. The van der Waals surface area contributed by atoms with Gasteiger partial charge in [-0.05, 0) is 36.2 Å². The summed E-state index contributed by atoms with van der Waals surface area (Å²) >= 11 is 0. The van der Waals surface area contributed by atoms with Crippen molar-refractivity contribution in [2.45, 2.75) is 13.3 Å². The Morgan fingerprint density at radius 3 is 2.42 bits per heavy atom. The molecule has 4 nitrogen and oxygen atoms in total. The van der Waals surface area contributed by atoms with E-state index in [-0.39, 0.29) is 11.3 Å². The molecular weight excluding hydrogens is 240 g/mol.